The predicted octanol–water partition coefficient (Wildman–Crippen LogP) is 1.54. The maximum atomic E-state index is 12.8. The van der Waals surface area contributed by atoms with Gasteiger partial charge in [-0.1, -0.05) is 18.0 Å². The van der Waals surface area contributed by atoms with E-state index in [1.807, 2.05) is 4.90 Å². The highest BCUT2D eigenvalue weighted by Gasteiger charge is 2.30. The average molecular weight is 418 g/mol. The number of hydrogen-bond donors (Lipinski definition) is 2. The van der Waals surface area contributed by atoms with Gasteiger partial charge in [-0.25, -0.2) is 4.68 Å². The second kappa shape index (κ2) is 8.77. The van der Waals surface area contributed by atoms with Gasteiger partial charge in [-0.2, -0.15) is 5.10 Å². The third kappa shape index (κ3) is 4.60. The van der Waals surface area contributed by atoms with E-state index in [0.29, 0.717) is 13.1 Å². The second-order valence-electron chi connectivity index (χ2n) is 8.06. The number of piperazine rings is 1. The van der Waals surface area contributed by atoms with E-state index >= 15 is 0 Å². The van der Waals surface area contributed by atoms with Gasteiger partial charge in [0.15, 0.2) is 0 Å². The Hall–Kier alpha value is -2.03. The summed E-state index contributed by atoms with van der Waals surface area (Å²) in [5.74, 6) is 0.399. The van der Waals surface area contributed by atoms with Gasteiger partial charge in [0.25, 0.3) is 0 Å². The summed E-state index contributed by atoms with van der Waals surface area (Å²) >= 11 is 5.52. The Morgan fingerprint density at radius 3 is 2.59 bits per heavy atom. The summed E-state index contributed by atoms with van der Waals surface area (Å²) in [5, 5.41) is 19.6. The monoisotopic (exact) mass is 417 g/mol. The summed E-state index contributed by atoms with van der Waals surface area (Å²) in [6.07, 6.45) is 9.35. The minimum Gasteiger partial charge on any atom is -0.339 e. The molecule has 4 rings (SSSR count). The number of allylic oxidation sites excluding steroid dienone is 2. The largest absolute Gasteiger partial charge is 0.339 e. The highest BCUT2D eigenvalue weighted by atomic mass is 35.5. The van der Waals surface area contributed by atoms with Crippen LogP contribution in [0.3, 0.4) is 0 Å². The zero-order valence-corrected chi connectivity index (χ0v) is 17.4. The van der Waals surface area contributed by atoms with Crippen molar-refractivity contribution in [2.75, 3.05) is 39.3 Å². The van der Waals surface area contributed by atoms with Crippen LogP contribution in [0.5, 0.6) is 0 Å². The number of halogens is 1. The molecule has 0 spiro atoms. The van der Waals surface area contributed by atoms with Crippen molar-refractivity contribution < 1.29 is 4.79 Å². The maximum absolute atomic E-state index is 12.8. The molecule has 1 saturated heterocycles. The summed E-state index contributed by atoms with van der Waals surface area (Å²) in [4.78, 5) is 19.5. The minimum absolute atomic E-state index is 0.117. The molecule has 1 aliphatic carbocycles. The third-order valence-corrected chi connectivity index (χ3v) is 6.37. The van der Waals surface area contributed by atoms with Crippen molar-refractivity contribution in [2.24, 2.45) is 0 Å². The molecular weight excluding hydrogens is 390 g/mol. The molecule has 2 fully saturated rings. The molecule has 3 heterocycles. The molecule has 0 unspecified atom stereocenters. The van der Waals surface area contributed by atoms with Gasteiger partial charge in [-0.05, 0) is 25.0 Å². The highest BCUT2D eigenvalue weighted by molar-refractivity contribution is 6.67. The van der Waals surface area contributed by atoms with Crippen LogP contribution in [0.15, 0.2) is 18.3 Å². The van der Waals surface area contributed by atoms with Crippen molar-refractivity contribution in [3.8, 4) is 0 Å². The fraction of sp³-hybridized carbons (Fsp3) is 0.600. The Morgan fingerprint density at radius 1 is 1.17 bits per heavy atom. The first-order valence-electron chi connectivity index (χ1n) is 10.3. The second-order valence-corrected chi connectivity index (χ2v) is 8.46. The predicted molar refractivity (Wildman–Crippen MR) is 113 cm³/mol. The van der Waals surface area contributed by atoms with E-state index in [9.17, 15) is 4.79 Å². The molecular formula is C20H28ClN7O. The molecule has 0 bridgehead atoms. The molecule has 1 aromatic rings. The van der Waals surface area contributed by atoms with E-state index in [2.05, 4.69) is 14.9 Å². The van der Waals surface area contributed by atoms with E-state index in [-0.39, 0.29) is 16.9 Å². The minimum atomic E-state index is -0.117. The third-order valence-electron chi connectivity index (χ3n) is 6.25. The lowest BCUT2D eigenvalue weighted by Gasteiger charge is -2.43. The van der Waals surface area contributed by atoms with Crippen LogP contribution in [0, 0.1) is 10.8 Å². The zero-order valence-electron chi connectivity index (χ0n) is 16.6. The van der Waals surface area contributed by atoms with Gasteiger partial charge in [-0.15, -0.1) is 0 Å². The van der Waals surface area contributed by atoms with Crippen molar-refractivity contribution >= 4 is 28.5 Å². The van der Waals surface area contributed by atoms with Gasteiger partial charge in [0.05, 0.1) is 18.4 Å². The normalized spacial score (nSPS) is 21.2. The molecule has 29 heavy (non-hydrogen) atoms. The van der Waals surface area contributed by atoms with E-state index in [4.69, 9.17) is 22.4 Å². The molecule has 9 heteroatoms. The van der Waals surface area contributed by atoms with E-state index in [1.165, 1.54) is 31.4 Å². The lowest BCUT2D eigenvalue weighted by molar-refractivity contribution is -0.135. The van der Waals surface area contributed by atoms with Gasteiger partial charge >= 0.3 is 0 Å². The van der Waals surface area contributed by atoms with Crippen molar-refractivity contribution in [1.82, 2.24) is 24.5 Å². The van der Waals surface area contributed by atoms with E-state index in [1.54, 1.807) is 10.9 Å². The number of nitrogens with zero attached hydrogens (tertiary/aromatic N) is 5. The Balaban J connectivity index is 1.29. The standard InChI is InChI=1S/C20H28ClN7O/c21-18(22)4-5-19(23)28-17-6-7-25(13-15(17)12-24-28)14-20(29)27-10-8-26(9-11-27)16-2-1-3-16/h4-5,12,16,22-23H,1-3,6-11,13-14H2/b5-4-,22-18?,23-19?. The van der Waals surface area contributed by atoms with E-state index in [0.717, 1.165) is 56.4 Å². The van der Waals surface area contributed by atoms with Crippen LogP contribution >= 0.6 is 11.6 Å². The first kappa shape index (κ1) is 20.3. The van der Waals surface area contributed by atoms with Crippen molar-refractivity contribution in [2.45, 2.75) is 38.3 Å². The molecule has 0 aromatic carbocycles. The topological polar surface area (TPSA) is 92.3 Å². The van der Waals surface area contributed by atoms with Gasteiger partial charge in [0, 0.05) is 57.3 Å². The molecule has 1 amide bonds. The lowest BCUT2D eigenvalue weighted by Crippen LogP contribution is -2.55. The van der Waals surface area contributed by atoms with Crippen LogP contribution in [0.2, 0.25) is 0 Å². The van der Waals surface area contributed by atoms with Crippen molar-refractivity contribution in [1.29, 1.82) is 10.8 Å². The summed E-state index contributed by atoms with van der Waals surface area (Å²) in [6.45, 7) is 5.57. The van der Waals surface area contributed by atoms with Gasteiger partial charge in [0.2, 0.25) is 5.91 Å². The van der Waals surface area contributed by atoms with Crippen molar-refractivity contribution in [3.05, 3.63) is 29.6 Å². The first-order chi connectivity index (χ1) is 14.0. The highest BCUT2D eigenvalue weighted by Crippen LogP contribution is 2.25. The van der Waals surface area contributed by atoms with Crippen LogP contribution in [0.4, 0.5) is 0 Å². The Labute approximate surface area is 176 Å². The first-order valence-corrected chi connectivity index (χ1v) is 10.7. The smallest absolute Gasteiger partial charge is 0.236 e. The number of carbonyl (C=O) groups excluding carboxylic acids is 1. The Morgan fingerprint density at radius 2 is 1.93 bits per heavy atom. The number of amides is 1. The molecule has 156 valence electrons. The van der Waals surface area contributed by atoms with E-state index < -0.39 is 0 Å². The fourth-order valence-electron chi connectivity index (χ4n) is 4.34. The SMILES string of the molecule is N=C(Cl)/C=C\C(=N)n1ncc2c1CCN(CC(=O)N1CCN(C3CCC3)CC1)C2. The number of carbonyl (C=O) groups is 1. The summed E-state index contributed by atoms with van der Waals surface area (Å²) in [7, 11) is 0. The van der Waals surface area contributed by atoms with Gasteiger partial charge in [0.1, 0.15) is 11.0 Å². The quantitative estimate of drug-likeness (QED) is 0.561. The summed E-state index contributed by atoms with van der Waals surface area (Å²) < 4.78 is 1.59. The Kier molecular flexibility index (Phi) is 6.12. The van der Waals surface area contributed by atoms with Crippen LogP contribution in [-0.2, 0) is 17.8 Å². The van der Waals surface area contributed by atoms with Crippen LogP contribution < -0.4 is 0 Å². The number of fused-ring (bicyclic) bond motifs is 1. The maximum Gasteiger partial charge on any atom is 0.236 e. The van der Waals surface area contributed by atoms with Crippen molar-refractivity contribution in [3.63, 3.8) is 0 Å². The zero-order chi connectivity index (χ0) is 20.4. The molecule has 2 aliphatic heterocycles. The lowest BCUT2D eigenvalue weighted by atomic mass is 9.91. The fourth-order valence-corrected chi connectivity index (χ4v) is 4.40. The van der Waals surface area contributed by atoms with Gasteiger partial charge < -0.3 is 4.90 Å². The number of nitrogens with one attached hydrogen (secondary N) is 2. The summed E-state index contributed by atoms with van der Waals surface area (Å²) in [5.41, 5.74) is 2.05. The van der Waals surface area contributed by atoms with Crippen LogP contribution in [0.25, 0.3) is 0 Å². The van der Waals surface area contributed by atoms with Crippen LogP contribution in [0.1, 0.15) is 30.5 Å². The number of aromatic nitrogens is 2. The molecule has 3 aliphatic rings. The Bertz CT molecular complexity index is 821. The summed E-state index contributed by atoms with van der Waals surface area (Å²) in [6, 6.07) is 0.757. The molecule has 2 N–H and O–H groups in total. The van der Waals surface area contributed by atoms with Gasteiger partial charge in [-0.3, -0.25) is 25.4 Å². The molecule has 1 saturated carbocycles. The molecule has 8 nitrogen and oxygen atoms in total. The molecule has 1 aromatic heterocycles. The molecule has 0 radical (unpaired) electrons. The number of rotatable bonds is 5. The number of hydrogen-bond acceptors (Lipinski definition) is 6. The molecule has 0 atom stereocenters. The average Bonchev–Trinajstić information content (AvgIpc) is 3.08. The van der Waals surface area contributed by atoms with Crippen LogP contribution in [-0.4, -0.2) is 86.7 Å².